The van der Waals surface area contributed by atoms with Gasteiger partial charge >= 0.3 is 0 Å². The molecule has 18 heavy (non-hydrogen) atoms. The summed E-state index contributed by atoms with van der Waals surface area (Å²) < 4.78 is 5.46. The van der Waals surface area contributed by atoms with Crippen LogP contribution in [0.3, 0.4) is 0 Å². The van der Waals surface area contributed by atoms with Gasteiger partial charge in [0.1, 0.15) is 5.75 Å². The Morgan fingerprint density at radius 3 is 2.89 bits per heavy atom. The third-order valence-corrected chi connectivity index (χ3v) is 3.19. The molecule has 0 saturated carbocycles. The third-order valence-electron chi connectivity index (χ3n) is 3.19. The van der Waals surface area contributed by atoms with Crippen LogP contribution in [0.15, 0.2) is 18.2 Å². The molecule has 1 amide bonds. The zero-order valence-corrected chi connectivity index (χ0v) is 11.4. The van der Waals surface area contributed by atoms with Crippen molar-refractivity contribution in [1.29, 1.82) is 0 Å². The molecule has 1 aromatic rings. The second-order valence-electron chi connectivity index (χ2n) is 5.16. The van der Waals surface area contributed by atoms with E-state index in [9.17, 15) is 4.79 Å². The first-order chi connectivity index (χ1) is 8.61. The van der Waals surface area contributed by atoms with Crippen molar-refractivity contribution in [1.82, 2.24) is 4.90 Å². The van der Waals surface area contributed by atoms with Crippen molar-refractivity contribution in [3.05, 3.63) is 29.3 Å². The Kier molecular flexibility index (Phi) is 3.90. The zero-order chi connectivity index (χ0) is 13.1. The van der Waals surface area contributed by atoms with Gasteiger partial charge in [-0.05, 0) is 36.6 Å². The summed E-state index contributed by atoms with van der Waals surface area (Å²) >= 11 is 0. The monoisotopic (exact) mass is 247 g/mol. The highest BCUT2D eigenvalue weighted by Gasteiger charge is 2.18. The van der Waals surface area contributed by atoms with E-state index in [4.69, 9.17) is 4.74 Å². The van der Waals surface area contributed by atoms with Crippen LogP contribution in [0.1, 0.15) is 36.7 Å². The summed E-state index contributed by atoms with van der Waals surface area (Å²) in [5.41, 5.74) is 1.93. The number of fused-ring (bicyclic) bond motifs is 1. The molecule has 1 aliphatic rings. The number of rotatable bonds is 4. The van der Waals surface area contributed by atoms with Crippen LogP contribution in [0.4, 0.5) is 0 Å². The number of carbonyl (C=O) groups excluding carboxylic acids is 1. The van der Waals surface area contributed by atoms with Gasteiger partial charge in [0.05, 0.1) is 6.61 Å². The van der Waals surface area contributed by atoms with Crippen LogP contribution in [-0.4, -0.2) is 30.5 Å². The Balaban J connectivity index is 2.17. The highest BCUT2D eigenvalue weighted by Crippen LogP contribution is 2.26. The fourth-order valence-corrected chi connectivity index (χ4v) is 2.30. The quantitative estimate of drug-likeness (QED) is 0.818. The van der Waals surface area contributed by atoms with Gasteiger partial charge in [-0.3, -0.25) is 4.79 Å². The molecule has 0 saturated heterocycles. The molecule has 0 aromatic heterocycles. The maximum absolute atomic E-state index is 12.4. The minimum Gasteiger partial charge on any atom is -0.493 e. The zero-order valence-electron chi connectivity index (χ0n) is 11.4. The molecule has 0 aliphatic carbocycles. The van der Waals surface area contributed by atoms with Crippen molar-refractivity contribution >= 4 is 5.91 Å². The molecule has 0 unspecified atom stereocenters. The minimum absolute atomic E-state index is 0.126. The predicted molar refractivity (Wildman–Crippen MR) is 72.1 cm³/mol. The van der Waals surface area contributed by atoms with Gasteiger partial charge in [0, 0.05) is 25.1 Å². The van der Waals surface area contributed by atoms with Crippen LogP contribution < -0.4 is 4.74 Å². The Morgan fingerprint density at radius 2 is 2.22 bits per heavy atom. The van der Waals surface area contributed by atoms with E-state index >= 15 is 0 Å². The van der Waals surface area contributed by atoms with Crippen LogP contribution in [-0.2, 0) is 6.42 Å². The van der Waals surface area contributed by atoms with Crippen LogP contribution in [0.5, 0.6) is 5.75 Å². The highest BCUT2D eigenvalue weighted by molar-refractivity contribution is 5.94. The van der Waals surface area contributed by atoms with Crippen molar-refractivity contribution in [3.8, 4) is 5.75 Å². The second-order valence-corrected chi connectivity index (χ2v) is 5.16. The smallest absolute Gasteiger partial charge is 0.253 e. The lowest BCUT2D eigenvalue weighted by Crippen LogP contribution is -2.34. The summed E-state index contributed by atoms with van der Waals surface area (Å²) in [5.74, 6) is 1.55. The molecule has 0 radical (unpaired) electrons. The molecule has 3 nitrogen and oxygen atoms in total. The summed E-state index contributed by atoms with van der Waals surface area (Å²) in [6, 6.07) is 5.77. The number of amides is 1. The molecule has 98 valence electrons. The molecule has 1 heterocycles. The first-order valence-corrected chi connectivity index (χ1v) is 6.66. The Bertz CT molecular complexity index is 440. The number of hydrogen-bond acceptors (Lipinski definition) is 2. The standard InChI is InChI=1S/C15H21NO2/c1-4-16(10-11(2)3)15(17)13-5-6-14-12(9-13)7-8-18-14/h5-6,9,11H,4,7-8,10H2,1-3H3. The van der Waals surface area contributed by atoms with Gasteiger partial charge in [0.15, 0.2) is 0 Å². The lowest BCUT2D eigenvalue weighted by molar-refractivity contribution is 0.0745. The lowest BCUT2D eigenvalue weighted by atomic mass is 10.1. The topological polar surface area (TPSA) is 29.5 Å². The summed E-state index contributed by atoms with van der Waals surface area (Å²) in [7, 11) is 0. The fourth-order valence-electron chi connectivity index (χ4n) is 2.30. The molecule has 0 atom stereocenters. The van der Waals surface area contributed by atoms with E-state index in [1.165, 1.54) is 0 Å². The number of hydrogen-bond donors (Lipinski definition) is 0. The normalized spacial score (nSPS) is 13.3. The number of nitrogens with zero attached hydrogens (tertiary/aromatic N) is 1. The van der Waals surface area contributed by atoms with Gasteiger partial charge in [0.2, 0.25) is 0 Å². The molecule has 0 N–H and O–H groups in total. The first-order valence-electron chi connectivity index (χ1n) is 6.66. The van der Waals surface area contributed by atoms with Gasteiger partial charge in [0.25, 0.3) is 5.91 Å². The molecule has 1 aromatic carbocycles. The Labute approximate surface area is 109 Å². The summed E-state index contributed by atoms with van der Waals surface area (Å²) in [6.07, 6.45) is 0.909. The van der Waals surface area contributed by atoms with E-state index in [-0.39, 0.29) is 5.91 Å². The van der Waals surface area contributed by atoms with Gasteiger partial charge in [-0.25, -0.2) is 0 Å². The number of ether oxygens (including phenoxy) is 1. The first kappa shape index (κ1) is 12.9. The van der Waals surface area contributed by atoms with E-state index in [1.807, 2.05) is 30.0 Å². The molecule has 2 rings (SSSR count). The van der Waals surface area contributed by atoms with Gasteiger partial charge in [-0.15, -0.1) is 0 Å². The molecular weight excluding hydrogens is 226 g/mol. The summed E-state index contributed by atoms with van der Waals surface area (Å²) in [4.78, 5) is 14.3. The van der Waals surface area contributed by atoms with E-state index in [2.05, 4.69) is 13.8 Å². The van der Waals surface area contributed by atoms with Crippen molar-refractivity contribution in [2.24, 2.45) is 5.92 Å². The maximum atomic E-state index is 12.4. The average Bonchev–Trinajstić information content (AvgIpc) is 2.81. The lowest BCUT2D eigenvalue weighted by Gasteiger charge is -2.23. The van der Waals surface area contributed by atoms with Gasteiger partial charge < -0.3 is 9.64 Å². The maximum Gasteiger partial charge on any atom is 0.253 e. The summed E-state index contributed by atoms with van der Waals surface area (Å²) in [5, 5.41) is 0. The predicted octanol–water partition coefficient (Wildman–Crippen LogP) is 2.74. The Hall–Kier alpha value is -1.51. The molecule has 3 heteroatoms. The minimum atomic E-state index is 0.126. The van der Waals surface area contributed by atoms with Crippen LogP contribution in [0.2, 0.25) is 0 Å². The highest BCUT2D eigenvalue weighted by atomic mass is 16.5. The SMILES string of the molecule is CCN(CC(C)C)C(=O)c1ccc2c(c1)CCO2. The molecular formula is C15H21NO2. The van der Waals surface area contributed by atoms with E-state index < -0.39 is 0 Å². The van der Waals surface area contributed by atoms with Crippen molar-refractivity contribution in [3.63, 3.8) is 0 Å². The van der Waals surface area contributed by atoms with Crippen LogP contribution >= 0.6 is 0 Å². The van der Waals surface area contributed by atoms with Crippen LogP contribution in [0, 0.1) is 5.92 Å². The van der Waals surface area contributed by atoms with E-state index in [0.717, 1.165) is 43.0 Å². The van der Waals surface area contributed by atoms with Crippen molar-refractivity contribution in [2.75, 3.05) is 19.7 Å². The molecule has 1 aliphatic heterocycles. The third kappa shape index (κ3) is 2.66. The average molecular weight is 247 g/mol. The number of benzene rings is 1. The fraction of sp³-hybridized carbons (Fsp3) is 0.533. The second kappa shape index (κ2) is 5.42. The summed E-state index contributed by atoms with van der Waals surface area (Å²) in [6.45, 7) is 8.58. The van der Waals surface area contributed by atoms with E-state index in [1.54, 1.807) is 0 Å². The van der Waals surface area contributed by atoms with Crippen molar-refractivity contribution < 1.29 is 9.53 Å². The molecule has 0 fully saturated rings. The Morgan fingerprint density at radius 1 is 1.44 bits per heavy atom. The molecule has 0 bridgehead atoms. The van der Waals surface area contributed by atoms with Gasteiger partial charge in [-0.2, -0.15) is 0 Å². The number of carbonyl (C=O) groups is 1. The van der Waals surface area contributed by atoms with Gasteiger partial charge in [-0.1, -0.05) is 13.8 Å². The molecule has 0 spiro atoms. The van der Waals surface area contributed by atoms with E-state index in [0.29, 0.717) is 5.92 Å². The van der Waals surface area contributed by atoms with Crippen molar-refractivity contribution in [2.45, 2.75) is 27.2 Å². The van der Waals surface area contributed by atoms with Crippen LogP contribution in [0.25, 0.3) is 0 Å². The largest absolute Gasteiger partial charge is 0.493 e.